The van der Waals surface area contributed by atoms with Gasteiger partial charge >= 0.3 is 0 Å². The Kier molecular flexibility index (Phi) is 6.68. The van der Waals surface area contributed by atoms with Gasteiger partial charge in [-0.3, -0.25) is 0 Å². The van der Waals surface area contributed by atoms with Gasteiger partial charge in [-0.15, -0.1) is 6.58 Å². The Morgan fingerprint density at radius 3 is 2.50 bits per heavy atom. The van der Waals surface area contributed by atoms with Gasteiger partial charge in [0, 0.05) is 12.8 Å². The van der Waals surface area contributed by atoms with Crippen LogP contribution >= 0.6 is 0 Å². The number of allylic oxidation sites excluding steroid dienone is 1. The lowest BCUT2D eigenvalue weighted by atomic mass is 9.88. The summed E-state index contributed by atoms with van der Waals surface area (Å²) in [6, 6.07) is 10.4. The highest BCUT2D eigenvalue weighted by Gasteiger charge is 2.27. The first-order valence-electron chi connectivity index (χ1n) is 9.45. The molecule has 24 heavy (non-hydrogen) atoms. The Balaban J connectivity index is 1.53. The van der Waals surface area contributed by atoms with Crippen LogP contribution in [0.2, 0.25) is 0 Å². The smallest absolute Gasteiger partial charge is 0.0788 e. The van der Waals surface area contributed by atoms with Crippen molar-refractivity contribution in [3.8, 4) is 0 Å². The summed E-state index contributed by atoms with van der Waals surface area (Å²) < 4.78 is 12.3. The van der Waals surface area contributed by atoms with E-state index >= 15 is 0 Å². The van der Waals surface area contributed by atoms with Gasteiger partial charge in [-0.05, 0) is 24.3 Å². The molecule has 1 aliphatic heterocycles. The molecule has 1 saturated heterocycles. The Morgan fingerprint density at radius 2 is 1.75 bits per heavy atom. The second-order valence-corrected chi connectivity index (χ2v) is 7.12. The minimum Gasteiger partial charge on any atom is -0.373 e. The maximum atomic E-state index is 6.16. The van der Waals surface area contributed by atoms with Crippen LogP contribution in [0, 0.1) is 5.92 Å². The van der Waals surface area contributed by atoms with Gasteiger partial charge in [0.2, 0.25) is 0 Å². The van der Waals surface area contributed by atoms with Crippen LogP contribution in [0.3, 0.4) is 0 Å². The molecule has 0 spiro atoms. The Bertz CT molecular complexity index is 516. The molecule has 130 valence electrons. The summed E-state index contributed by atoms with van der Waals surface area (Å²) in [4.78, 5) is 0. The van der Waals surface area contributed by atoms with Gasteiger partial charge in [-0.1, -0.05) is 67.8 Å². The molecule has 0 amide bonds. The van der Waals surface area contributed by atoms with Crippen molar-refractivity contribution in [2.45, 2.75) is 69.9 Å². The van der Waals surface area contributed by atoms with Gasteiger partial charge in [-0.25, -0.2) is 0 Å². The van der Waals surface area contributed by atoms with Crippen LogP contribution in [0.25, 0.3) is 0 Å². The highest BCUT2D eigenvalue weighted by atomic mass is 16.5. The second kappa shape index (κ2) is 9.19. The van der Waals surface area contributed by atoms with E-state index in [0.29, 0.717) is 6.61 Å². The van der Waals surface area contributed by atoms with Crippen LogP contribution in [-0.4, -0.2) is 18.3 Å². The van der Waals surface area contributed by atoms with Crippen LogP contribution < -0.4 is 0 Å². The van der Waals surface area contributed by atoms with Crippen LogP contribution in [0.1, 0.15) is 50.5 Å². The minimum absolute atomic E-state index is 0.0977. The topological polar surface area (TPSA) is 18.5 Å². The fourth-order valence-corrected chi connectivity index (χ4v) is 3.76. The van der Waals surface area contributed by atoms with Gasteiger partial charge in [0.15, 0.2) is 0 Å². The standard InChI is InChI=1S/C22H30O2/c1-2-20-15-22(23-17-19-11-7-4-8-12-19)16-21(24-20)14-13-18-9-5-3-6-10-18/h2,4,7-8,11-14,18,20-22H,1,3,5-6,9-10,15-17H2/b14-13+/t20-,21+,22-/m0/s1. The van der Waals surface area contributed by atoms with Crippen molar-refractivity contribution in [2.24, 2.45) is 5.92 Å². The van der Waals surface area contributed by atoms with E-state index in [2.05, 4.69) is 43.0 Å². The SMILES string of the molecule is C=C[C@H]1C[C@H](OCc2ccccc2)C[C@@H](/C=C/C2CCCCC2)O1. The van der Waals surface area contributed by atoms with Crippen molar-refractivity contribution in [3.05, 3.63) is 60.7 Å². The molecular weight excluding hydrogens is 296 g/mol. The molecule has 2 nitrogen and oxygen atoms in total. The highest BCUT2D eigenvalue weighted by molar-refractivity contribution is 5.13. The van der Waals surface area contributed by atoms with Crippen LogP contribution in [0.5, 0.6) is 0 Å². The molecule has 3 rings (SSSR count). The van der Waals surface area contributed by atoms with Crippen molar-refractivity contribution in [3.63, 3.8) is 0 Å². The van der Waals surface area contributed by atoms with Crippen molar-refractivity contribution in [2.75, 3.05) is 0 Å². The number of hydrogen-bond donors (Lipinski definition) is 0. The Labute approximate surface area is 146 Å². The largest absolute Gasteiger partial charge is 0.373 e. The van der Waals surface area contributed by atoms with E-state index in [4.69, 9.17) is 9.47 Å². The first-order valence-corrected chi connectivity index (χ1v) is 9.45. The summed E-state index contributed by atoms with van der Waals surface area (Å²) in [5, 5.41) is 0. The lowest BCUT2D eigenvalue weighted by Gasteiger charge is -2.33. The van der Waals surface area contributed by atoms with Gasteiger partial charge in [-0.2, -0.15) is 0 Å². The Hall–Kier alpha value is -1.38. The van der Waals surface area contributed by atoms with Gasteiger partial charge in [0.25, 0.3) is 0 Å². The summed E-state index contributed by atoms with van der Waals surface area (Å²) in [6.07, 6.45) is 15.8. The molecule has 1 heterocycles. The third-order valence-electron chi connectivity index (χ3n) is 5.18. The summed E-state index contributed by atoms with van der Waals surface area (Å²) in [5.74, 6) is 0.746. The van der Waals surface area contributed by atoms with Crippen LogP contribution in [0.15, 0.2) is 55.1 Å². The van der Waals surface area contributed by atoms with Crippen LogP contribution in [0.4, 0.5) is 0 Å². The van der Waals surface area contributed by atoms with E-state index in [1.54, 1.807) is 0 Å². The number of hydrogen-bond acceptors (Lipinski definition) is 2. The molecule has 0 N–H and O–H groups in total. The molecule has 1 aromatic rings. The molecule has 1 saturated carbocycles. The van der Waals surface area contributed by atoms with E-state index < -0.39 is 0 Å². The number of rotatable bonds is 6. The van der Waals surface area contributed by atoms with E-state index in [-0.39, 0.29) is 18.3 Å². The third kappa shape index (κ3) is 5.32. The average Bonchev–Trinajstić information content (AvgIpc) is 2.66. The Morgan fingerprint density at radius 1 is 1.00 bits per heavy atom. The molecule has 2 heteroatoms. The molecule has 0 bridgehead atoms. The lowest BCUT2D eigenvalue weighted by Crippen LogP contribution is -2.35. The van der Waals surface area contributed by atoms with Crippen molar-refractivity contribution < 1.29 is 9.47 Å². The fraction of sp³-hybridized carbons (Fsp3) is 0.545. The molecule has 0 unspecified atom stereocenters. The van der Waals surface area contributed by atoms with E-state index in [1.807, 2.05) is 12.1 Å². The van der Waals surface area contributed by atoms with Crippen molar-refractivity contribution in [1.82, 2.24) is 0 Å². The van der Waals surface area contributed by atoms with Crippen molar-refractivity contribution >= 4 is 0 Å². The van der Waals surface area contributed by atoms with Crippen molar-refractivity contribution in [1.29, 1.82) is 0 Å². The summed E-state index contributed by atoms with van der Waals surface area (Å²) in [5.41, 5.74) is 1.23. The van der Waals surface area contributed by atoms with E-state index in [9.17, 15) is 0 Å². The molecular formula is C22H30O2. The molecule has 0 aromatic heterocycles. The quantitative estimate of drug-likeness (QED) is 0.648. The lowest BCUT2D eigenvalue weighted by molar-refractivity contribution is -0.0869. The summed E-state index contributed by atoms with van der Waals surface area (Å²) >= 11 is 0. The third-order valence-corrected chi connectivity index (χ3v) is 5.18. The predicted octanol–water partition coefficient (Wildman–Crippen LogP) is 5.44. The maximum Gasteiger partial charge on any atom is 0.0788 e. The molecule has 0 radical (unpaired) electrons. The molecule has 2 fully saturated rings. The van der Waals surface area contributed by atoms with Gasteiger partial charge < -0.3 is 9.47 Å². The molecule has 3 atom stereocenters. The summed E-state index contributed by atoms with van der Waals surface area (Å²) in [7, 11) is 0. The average molecular weight is 326 g/mol. The van der Waals surface area contributed by atoms with E-state index in [0.717, 1.165) is 18.8 Å². The van der Waals surface area contributed by atoms with E-state index in [1.165, 1.54) is 37.7 Å². The summed E-state index contributed by atoms with van der Waals surface area (Å²) in [6.45, 7) is 4.59. The zero-order valence-corrected chi connectivity index (χ0v) is 14.6. The normalized spacial score (nSPS) is 28.9. The maximum absolute atomic E-state index is 6.16. The molecule has 2 aliphatic rings. The fourth-order valence-electron chi connectivity index (χ4n) is 3.76. The van der Waals surface area contributed by atoms with Crippen LogP contribution in [-0.2, 0) is 16.1 Å². The zero-order chi connectivity index (χ0) is 16.6. The minimum atomic E-state index is 0.0977. The monoisotopic (exact) mass is 326 g/mol. The van der Waals surface area contributed by atoms with Gasteiger partial charge in [0.05, 0.1) is 24.9 Å². The second-order valence-electron chi connectivity index (χ2n) is 7.12. The first-order chi connectivity index (χ1) is 11.8. The number of ether oxygens (including phenoxy) is 2. The zero-order valence-electron chi connectivity index (χ0n) is 14.6. The molecule has 1 aromatic carbocycles. The first kappa shape index (κ1) is 17.4. The highest BCUT2D eigenvalue weighted by Crippen LogP contribution is 2.28. The predicted molar refractivity (Wildman–Crippen MR) is 98.8 cm³/mol. The van der Waals surface area contributed by atoms with Gasteiger partial charge in [0.1, 0.15) is 0 Å². The number of benzene rings is 1. The molecule has 1 aliphatic carbocycles.